The molecule has 0 saturated heterocycles. The topological polar surface area (TPSA) is 0 Å². The molecule has 1 aliphatic rings. The summed E-state index contributed by atoms with van der Waals surface area (Å²) >= 11 is -0.0991. The minimum absolute atomic E-state index is 0.925. The van der Waals surface area contributed by atoms with Crippen LogP contribution in [-0.2, 0) is 0 Å². The normalized spacial score (nSPS) is 19.6. The summed E-state index contributed by atoms with van der Waals surface area (Å²) in [7, 11) is -1.31. The van der Waals surface area contributed by atoms with Gasteiger partial charge in [0.25, 0.3) is 0 Å². The third kappa shape index (κ3) is 6.76. The fourth-order valence-corrected chi connectivity index (χ4v) is 33.2. The maximum atomic E-state index is 2.86. The molecule has 0 nitrogen and oxygen atoms in total. The van der Waals surface area contributed by atoms with Gasteiger partial charge in [-0.05, 0) is 0 Å². The molecule has 2 unspecified atom stereocenters. The van der Waals surface area contributed by atoms with Crippen molar-refractivity contribution in [2.75, 3.05) is 0 Å². The summed E-state index contributed by atoms with van der Waals surface area (Å²) in [6, 6.07) is 5.69. The Balaban J connectivity index is 2.23. The SMILES string of the molecule is CCCCC(CC)[CH2][Ge]1([CH2]C(CC)CCCC)[c]2cc([Si](C)(C)C)sc2-c2s[c]([Sn]([CH3])([CH3])[CH3])c[c]21. The van der Waals surface area contributed by atoms with E-state index in [-0.39, 0.29) is 0 Å². The standard InChI is InChI=1S/C27H45GeS2Si.3CH3.Sn/c1-8-12-14-21(10-3)19-28(20-22(11-4)15-13-9-2)23-16-17-29-26(23)27-24(28)18-25(30-27)31(5,6)7;;;;/h16,18,21-22H,8-15,19-20H2,1-7H3;3*1H3;. The zero-order valence-corrected chi connectivity index (χ0v) is 32.3. The molecule has 0 aliphatic carbocycles. The van der Waals surface area contributed by atoms with Crippen molar-refractivity contribution in [3.8, 4) is 9.75 Å². The van der Waals surface area contributed by atoms with Crippen LogP contribution in [0.1, 0.15) is 79.1 Å². The second kappa shape index (κ2) is 12.4. The summed E-state index contributed by atoms with van der Waals surface area (Å²) in [5.41, 5.74) is 0. The average Bonchev–Trinajstić information content (AvgIpc) is 3.47. The van der Waals surface area contributed by atoms with E-state index >= 15 is 0 Å². The van der Waals surface area contributed by atoms with Gasteiger partial charge in [0.2, 0.25) is 0 Å². The Morgan fingerprint density at radius 2 is 1.26 bits per heavy atom. The molecule has 0 aromatic carbocycles. The molecule has 0 N–H and O–H groups in total. The van der Waals surface area contributed by atoms with Crippen molar-refractivity contribution in [1.29, 1.82) is 0 Å². The van der Waals surface area contributed by atoms with E-state index in [0.29, 0.717) is 0 Å². The van der Waals surface area contributed by atoms with Crippen molar-refractivity contribution in [2.45, 2.75) is 124 Å². The molecule has 2 atom stereocenters. The van der Waals surface area contributed by atoms with E-state index < -0.39 is 39.7 Å². The fraction of sp³-hybridized carbons (Fsp3) is 0.733. The quantitative estimate of drug-likeness (QED) is 0.173. The molecule has 198 valence electrons. The van der Waals surface area contributed by atoms with Crippen molar-refractivity contribution in [2.24, 2.45) is 11.8 Å². The molecule has 3 rings (SSSR count). The van der Waals surface area contributed by atoms with Gasteiger partial charge in [-0.3, -0.25) is 0 Å². The molecule has 0 fully saturated rings. The first-order valence-electron chi connectivity index (χ1n) is 14.7. The van der Waals surface area contributed by atoms with Gasteiger partial charge in [0.15, 0.2) is 0 Å². The van der Waals surface area contributed by atoms with Crippen LogP contribution in [0.3, 0.4) is 0 Å². The Kier molecular flexibility index (Phi) is 10.8. The number of unbranched alkanes of at least 4 members (excludes halogenated alkanes) is 2. The molecule has 3 heterocycles. The Labute approximate surface area is 234 Å². The summed E-state index contributed by atoms with van der Waals surface area (Å²) in [4.78, 5) is 11.5. The first-order chi connectivity index (χ1) is 16.4. The van der Waals surface area contributed by atoms with Gasteiger partial charge < -0.3 is 0 Å². The van der Waals surface area contributed by atoms with Crippen LogP contribution in [0.15, 0.2) is 12.1 Å². The third-order valence-electron chi connectivity index (χ3n) is 8.54. The second-order valence-electron chi connectivity index (χ2n) is 13.5. The summed E-state index contributed by atoms with van der Waals surface area (Å²) < 4.78 is 7.54. The predicted molar refractivity (Wildman–Crippen MR) is 175 cm³/mol. The zero-order chi connectivity index (χ0) is 26.0. The molecule has 35 heavy (non-hydrogen) atoms. The maximum absolute atomic E-state index is 2.86. The molecule has 0 spiro atoms. The molecule has 0 amide bonds. The monoisotopic (exact) mass is 700 g/mol. The van der Waals surface area contributed by atoms with E-state index in [0.717, 1.165) is 11.8 Å². The van der Waals surface area contributed by atoms with Crippen molar-refractivity contribution in [3.63, 3.8) is 0 Å². The Hall–Kier alpha value is 0.958. The van der Waals surface area contributed by atoms with E-state index in [4.69, 9.17) is 0 Å². The number of thiophene rings is 2. The summed E-state index contributed by atoms with van der Waals surface area (Å²) in [6.07, 6.45) is 11.2. The molecule has 0 radical (unpaired) electrons. The second-order valence-corrected chi connectivity index (χ2v) is 45.0. The van der Waals surface area contributed by atoms with Crippen molar-refractivity contribution >= 4 is 78.6 Å². The van der Waals surface area contributed by atoms with Gasteiger partial charge in [0.05, 0.1) is 0 Å². The van der Waals surface area contributed by atoms with Gasteiger partial charge in [0.1, 0.15) is 0 Å². The van der Waals surface area contributed by atoms with Crippen LogP contribution in [0.4, 0.5) is 0 Å². The van der Waals surface area contributed by atoms with Crippen LogP contribution >= 0.6 is 22.7 Å². The predicted octanol–water partition coefficient (Wildman–Crippen LogP) is 8.88. The van der Waals surface area contributed by atoms with Crippen LogP contribution in [0.25, 0.3) is 9.75 Å². The molecule has 2 aromatic rings. The van der Waals surface area contributed by atoms with E-state index in [2.05, 4.69) is 97.0 Å². The van der Waals surface area contributed by atoms with Gasteiger partial charge in [-0.2, -0.15) is 0 Å². The zero-order valence-electron chi connectivity index (χ0n) is 24.7. The minimum atomic E-state index is -2.49. The van der Waals surface area contributed by atoms with Crippen LogP contribution in [0, 0.1) is 11.8 Å². The van der Waals surface area contributed by atoms with Gasteiger partial charge in [-0.15, -0.1) is 0 Å². The Bertz CT molecular complexity index is 884. The average molecular weight is 698 g/mol. The van der Waals surface area contributed by atoms with Crippen molar-refractivity contribution in [3.05, 3.63) is 12.1 Å². The third-order valence-corrected chi connectivity index (χ3v) is 36.1. The molecule has 5 heteroatoms. The molecule has 1 aliphatic heterocycles. The van der Waals surface area contributed by atoms with Crippen LogP contribution in [-0.4, -0.2) is 39.7 Å². The number of rotatable bonds is 14. The Morgan fingerprint density at radius 3 is 1.69 bits per heavy atom. The van der Waals surface area contributed by atoms with Gasteiger partial charge in [-0.1, -0.05) is 0 Å². The van der Waals surface area contributed by atoms with E-state index in [1.807, 2.05) is 11.7 Å². The van der Waals surface area contributed by atoms with Gasteiger partial charge >= 0.3 is 236 Å². The Morgan fingerprint density at radius 1 is 0.771 bits per heavy atom. The summed E-state index contributed by atoms with van der Waals surface area (Å²) in [5, 5.41) is 3.13. The number of fused-ring (bicyclic) bond motifs is 3. The number of hydrogen-bond donors (Lipinski definition) is 0. The van der Waals surface area contributed by atoms with Crippen molar-refractivity contribution < 1.29 is 0 Å². The molecule has 2 aromatic heterocycles. The summed E-state index contributed by atoms with van der Waals surface area (Å²) in [5.74, 6) is 1.85. The van der Waals surface area contributed by atoms with Crippen LogP contribution in [0.2, 0.25) is 45.0 Å². The van der Waals surface area contributed by atoms with Crippen molar-refractivity contribution in [1.82, 2.24) is 0 Å². The van der Waals surface area contributed by atoms with E-state index in [1.54, 1.807) is 24.8 Å². The molecule has 0 bridgehead atoms. The first-order valence-corrected chi connectivity index (χ1v) is 34.9. The van der Waals surface area contributed by atoms with E-state index in [9.17, 15) is 0 Å². The molecular formula is C30H54GeS2SiSn. The number of hydrogen-bond acceptors (Lipinski definition) is 2. The molecule has 0 saturated carbocycles. The van der Waals surface area contributed by atoms with Crippen LogP contribution < -0.4 is 16.2 Å². The molecular weight excluding hydrogens is 644 g/mol. The fourth-order valence-electron chi connectivity index (χ4n) is 6.11. The van der Waals surface area contributed by atoms with Crippen LogP contribution in [0.5, 0.6) is 0 Å². The van der Waals surface area contributed by atoms with E-state index in [1.165, 1.54) is 51.4 Å². The summed E-state index contributed by atoms with van der Waals surface area (Å²) in [6.45, 7) is 17.5. The first kappa shape index (κ1) is 30.5. The van der Waals surface area contributed by atoms with Gasteiger partial charge in [0, 0.05) is 0 Å². The van der Waals surface area contributed by atoms with Gasteiger partial charge in [-0.25, -0.2) is 0 Å².